The second-order valence-electron chi connectivity index (χ2n) is 4.14. The van der Waals surface area contributed by atoms with Gasteiger partial charge in [0, 0.05) is 0 Å². The topological polar surface area (TPSA) is 37.3 Å². The van der Waals surface area contributed by atoms with E-state index in [1.165, 1.54) is 0 Å². The summed E-state index contributed by atoms with van der Waals surface area (Å²) in [5.74, 6) is 1.01. The van der Waals surface area contributed by atoms with E-state index >= 15 is 0 Å². The van der Waals surface area contributed by atoms with Gasteiger partial charge in [-0.2, -0.15) is 0 Å². The molecule has 0 saturated carbocycles. The maximum Gasteiger partial charge on any atom is 0.319 e. The lowest BCUT2D eigenvalue weighted by Gasteiger charge is -2.27. The first kappa shape index (κ1) is 11.9. The predicted molar refractivity (Wildman–Crippen MR) is 60.7 cm³/mol. The Morgan fingerprint density at radius 3 is 2.50 bits per heavy atom. The van der Waals surface area contributed by atoms with Crippen molar-refractivity contribution in [2.45, 2.75) is 50.7 Å². The van der Waals surface area contributed by atoms with E-state index in [0.29, 0.717) is 5.92 Å². The minimum atomic E-state index is -0.591. The smallest absolute Gasteiger partial charge is 0.319 e. The SMILES string of the molecule is CCC(CC)CC1(C(=O)O)CCCS1. The first-order valence-electron chi connectivity index (χ1n) is 5.52. The van der Waals surface area contributed by atoms with E-state index in [-0.39, 0.29) is 0 Å². The van der Waals surface area contributed by atoms with Crippen molar-refractivity contribution in [2.75, 3.05) is 5.75 Å². The van der Waals surface area contributed by atoms with E-state index in [1.54, 1.807) is 11.8 Å². The standard InChI is InChI=1S/C11H20O2S/c1-3-9(4-2)8-11(10(12)13)6-5-7-14-11/h9H,3-8H2,1-2H3,(H,12,13). The summed E-state index contributed by atoms with van der Waals surface area (Å²) < 4.78 is -0.448. The van der Waals surface area contributed by atoms with Crippen LogP contribution in [0.4, 0.5) is 0 Å². The first-order chi connectivity index (χ1) is 6.64. The molecular formula is C11H20O2S. The minimum absolute atomic E-state index is 0.448. The summed E-state index contributed by atoms with van der Waals surface area (Å²) in [4.78, 5) is 11.3. The molecular weight excluding hydrogens is 196 g/mol. The Labute approximate surface area is 90.5 Å². The molecule has 14 heavy (non-hydrogen) atoms. The Kier molecular flexibility index (Phi) is 4.30. The molecule has 1 atom stereocenters. The molecule has 1 saturated heterocycles. The van der Waals surface area contributed by atoms with Crippen LogP contribution in [0, 0.1) is 5.92 Å². The van der Waals surface area contributed by atoms with Crippen molar-refractivity contribution in [3.05, 3.63) is 0 Å². The predicted octanol–water partition coefficient (Wildman–Crippen LogP) is 3.16. The van der Waals surface area contributed by atoms with Crippen molar-refractivity contribution >= 4 is 17.7 Å². The van der Waals surface area contributed by atoms with Crippen LogP contribution in [0.15, 0.2) is 0 Å². The average molecular weight is 216 g/mol. The Hall–Kier alpha value is -0.180. The third-order valence-corrected chi connectivity index (χ3v) is 4.86. The fourth-order valence-corrected chi connectivity index (χ4v) is 3.60. The molecule has 1 heterocycles. The summed E-state index contributed by atoms with van der Waals surface area (Å²) in [6, 6.07) is 0. The third kappa shape index (κ3) is 2.44. The largest absolute Gasteiger partial charge is 0.480 e. The van der Waals surface area contributed by atoms with E-state index in [1.807, 2.05) is 0 Å². The lowest BCUT2D eigenvalue weighted by Crippen LogP contribution is -2.34. The molecule has 1 unspecified atom stereocenters. The van der Waals surface area contributed by atoms with E-state index in [9.17, 15) is 9.90 Å². The number of aliphatic carboxylic acids is 1. The van der Waals surface area contributed by atoms with Gasteiger partial charge in [-0.15, -0.1) is 11.8 Å². The number of thioether (sulfide) groups is 1. The monoisotopic (exact) mass is 216 g/mol. The average Bonchev–Trinajstić information content (AvgIpc) is 2.64. The molecule has 82 valence electrons. The van der Waals surface area contributed by atoms with Crippen LogP contribution in [-0.2, 0) is 4.79 Å². The molecule has 1 N–H and O–H groups in total. The number of hydrogen-bond acceptors (Lipinski definition) is 2. The quantitative estimate of drug-likeness (QED) is 0.767. The van der Waals surface area contributed by atoms with E-state index in [0.717, 1.165) is 37.9 Å². The summed E-state index contributed by atoms with van der Waals surface area (Å²) in [5, 5.41) is 9.28. The normalized spacial score (nSPS) is 27.1. The molecule has 0 radical (unpaired) electrons. The Bertz CT molecular complexity index is 193. The van der Waals surface area contributed by atoms with Crippen LogP contribution in [0.5, 0.6) is 0 Å². The molecule has 2 nitrogen and oxygen atoms in total. The van der Waals surface area contributed by atoms with E-state index in [4.69, 9.17) is 0 Å². The highest BCUT2D eigenvalue weighted by Gasteiger charge is 2.43. The number of carbonyl (C=O) groups is 1. The second-order valence-corrected chi connectivity index (χ2v) is 5.62. The summed E-state index contributed by atoms with van der Waals surface area (Å²) in [7, 11) is 0. The van der Waals surface area contributed by atoms with Gasteiger partial charge < -0.3 is 5.11 Å². The van der Waals surface area contributed by atoms with Crippen molar-refractivity contribution in [3.8, 4) is 0 Å². The molecule has 0 amide bonds. The molecule has 1 aliphatic heterocycles. The molecule has 3 heteroatoms. The van der Waals surface area contributed by atoms with Gasteiger partial charge in [0.15, 0.2) is 0 Å². The molecule has 0 aromatic heterocycles. The number of hydrogen-bond donors (Lipinski definition) is 1. The highest BCUT2D eigenvalue weighted by Crippen LogP contribution is 2.44. The lowest BCUT2D eigenvalue weighted by molar-refractivity contribution is -0.140. The number of rotatable bonds is 5. The van der Waals surface area contributed by atoms with Gasteiger partial charge in [0.05, 0.1) is 0 Å². The van der Waals surface area contributed by atoms with Crippen LogP contribution in [0.3, 0.4) is 0 Å². The first-order valence-corrected chi connectivity index (χ1v) is 6.50. The summed E-state index contributed by atoms with van der Waals surface area (Å²) in [5.41, 5.74) is 0. The van der Waals surface area contributed by atoms with Gasteiger partial charge in [0.1, 0.15) is 4.75 Å². The summed E-state index contributed by atoms with van der Waals surface area (Å²) >= 11 is 1.66. The fourth-order valence-electron chi connectivity index (χ4n) is 2.16. The zero-order chi connectivity index (χ0) is 10.6. The van der Waals surface area contributed by atoms with E-state index in [2.05, 4.69) is 13.8 Å². The molecule has 0 bridgehead atoms. The Balaban J connectivity index is 2.64. The fraction of sp³-hybridized carbons (Fsp3) is 0.909. The van der Waals surface area contributed by atoms with Gasteiger partial charge in [0.25, 0.3) is 0 Å². The van der Waals surface area contributed by atoms with Crippen molar-refractivity contribution in [3.63, 3.8) is 0 Å². The maximum atomic E-state index is 11.3. The van der Waals surface area contributed by atoms with Crippen LogP contribution < -0.4 is 0 Å². The zero-order valence-corrected chi connectivity index (χ0v) is 9.90. The summed E-state index contributed by atoms with van der Waals surface area (Å²) in [6.07, 6.45) is 5.00. The Morgan fingerprint density at radius 2 is 2.14 bits per heavy atom. The van der Waals surface area contributed by atoms with Crippen molar-refractivity contribution in [1.82, 2.24) is 0 Å². The zero-order valence-electron chi connectivity index (χ0n) is 9.08. The van der Waals surface area contributed by atoms with Crippen LogP contribution in [0.2, 0.25) is 0 Å². The summed E-state index contributed by atoms with van der Waals surface area (Å²) in [6.45, 7) is 4.31. The lowest BCUT2D eigenvalue weighted by atomic mass is 9.87. The Morgan fingerprint density at radius 1 is 1.50 bits per heavy atom. The number of carboxylic acid groups (broad SMARTS) is 1. The van der Waals surface area contributed by atoms with Crippen LogP contribution in [0.1, 0.15) is 46.0 Å². The van der Waals surface area contributed by atoms with Crippen LogP contribution in [-0.4, -0.2) is 21.6 Å². The minimum Gasteiger partial charge on any atom is -0.480 e. The van der Waals surface area contributed by atoms with Gasteiger partial charge in [-0.1, -0.05) is 26.7 Å². The number of carboxylic acids is 1. The van der Waals surface area contributed by atoms with Gasteiger partial charge in [-0.3, -0.25) is 4.79 Å². The van der Waals surface area contributed by atoms with Crippen molar-refractivity contribution in [1.29, 1.82) is 0 Å². The molecule has 0 aromatic rings. The molecule has 0 aromatic carbocycles. The van der Waals surface area contributed by atoms with Crippen molar-refractivity contribution in [2.24, 2.45) is 5.92 Å². The third-order valence-electron chi connectivity index (χ3n) is 3.27. The highest BCUT2D eigenvalue weighted by atomic mass is 32.2. The van der Waals surface area contributed by atoms with Crippen molar-refractivity contribution < 1.29 is 9.90 Å². The molecule has 0 spiro atoms. The van der Waals surface area contributed by atoms with Gasteiger partial charge >= 0.3 is 5.97 Å². The van der Waals surface area contributed by atoms with Gasteiger partial charge in [-0.05, 0) is 30.9 Å². The maximum absolute atomic E-state index is 11.3. The van der Waals surface area contributed by atoms with Gasteiger partial charge in [-0.25, -0.2) is 0 Å². The van der Waals surface area contributed by atoms with E-state index < -0.39 is 10.7 Å². The molecule has 1 fully saturated rings. The van der Waals surface area contributed by atoms with Gasteiger partial charge in [0.2, 0.25) is 0 Å². The molecule has 1 aliphatic rings. The van der Waals surface area contributed by atoms with Crippen LogP contribution in [0.25, 0.3) is 0 Å². The highest BCUT2D eigenvalue weighted by molar-refractivity contribution is 8.01. The van der Waals surface area contributed by atoms with Crippen LogP contribution >= 0.6 is 11.8 Å². The molecule has 1 rings (SSSR count). The molecule has 0 aliphatic carbocycles. The second kappa shape index (κ2) is 5.06.